The molecule has 21 heavy (non-hydrogen) atoms. The van der Waals surface area contributed by atoms with Gasteiger partial charge in [-0.25, -0.2) is 4.79 Å². The molecule has 0 saturated carbocycles. The van der Waals surface area contributed by atoms with Gasteiger partial charge in [-0.3, -0.25) is 14.3 Å². The summed E-state index contributed by atoms with van der Waals surface area (Å²) in [7, 11) is 0. The Balaban J connectivity index is 2.13. The molecule has 1 aliphatic rings. The summed E-state index contributed by atoms with van der Waals surface area (Å²) in [6.07, 6.45) is 3.87. The van der Waals surface area contributed by atoms with Gasteiger partial charge in [0.25, 0.3) is 5.56 Å². The molecular formula is C15H17N3O2S. The van der Waals surface area contributed by atoms with Crippen LogP contribution in [0.4, 0.5) is 0 Å². The van der Waals surface area contributed by atoms with Crippen LogP contribution in [0.5, 0.6) is 0 Å². The maximum Gasteiger partial charge on any atom is 0.329 e. The quantitative estimate of drug-likeness (QED) is 0.883. The van der Waals surface area contributed by atoms with Crippen LogP contribution in [0.15, 0.2) is 9.59 Å². The summed E-state index contributed by atoms with van der Waals surface area (Å²) >= 11 is 1.55. The van der Waals surface area contributed by atoms with Crippen LogP contribution in [0.25, 0.3) is 10.2 Å². The van der Waals surface area contributed by atoms with Crippen molar-refractivity contribution >= 4 is 21.6 Å². The minimum Gasteiger partial charge on any atom is -0.298 e. The first-order valence-corrected chi connectivity index (χ1v) is 8.07. The van der Waals surface area contributed by atoms with E-state index < -0.39 is 0 Å². The minimum absolute atomic E-state index is 0.196. The van der Waals surface area contributed by atoms with Crippen LogP contribution in [0.1, 0.15) is 36.6 Å². The third-order valence-electron chi connectivity index (χ3n) is 4.11. The number of rotatable bonds is 3. The third-order valence-corrected chi connectivity index (χ3v) is 5.28. The monoisotopic (exact) mass is 303 g/mol. The topological polar surface area (TPSA) is 78.7 Å². The van der Waals surface area contributed by atoms with Crippen molar-refractivity contribution in [1.29, 1.82) is 5.26 Å². The smallest absolute Gasteiger partial charge is 0.298 e. The molecule has 0 saturated heterocycles. The fourth-order valence-corrected chi connectivity index (χ4v) is 4.37. The highest BCUT2D eigenvalue weighted by Crippen LogP contribution is 2.35. The number of hydrogen-bond donors (Lipinski definition) is 1. The second-order valence-electron chi connectivity index (χ2n) is 5.70. The van der Waals surface area contributed by atoms with Crippen molar-refractivity contribution < 1.29 is 0 Å². The molecule has 6 heteroatoms. The molecule has 0 bridgehead atoms. The van der Waals surface area contributed by atoms with Gasteiger partial charge < -0.3 is 0 Å². The van der Waals surface area contributed by atoms with Gasteiger partial charge in [-0.05, 0) is 37.2 Å². The van der Waals surface area contributed by atoms with Crippen molar-refractivity contribution in [3.05, 3.63) is 31.3 Å². The molecule has 110 valence electrons. The number of H-pyrrole nitrogens is 1. The highest BCUT2D eigenvalue weighted by molar-refractivity contribution is 7.18. The van der Waals surface area contributed by atoms with Crippen LogP contribution in [0.2, 0.25) is 0 Å². The van der Waals surface area contributed by atoms with Gasteiger partial charge in [0.15, 0.2) is 0 Å². The number of aryl methyl sites for hydroxylation is 1. The van der Waals surface area contributed by atoms with Gasteiger partial charge in [0, 0.05) is 17.8 Å². The normalized spacial score (nSPS) is 17.6. The SMILES string of the molecule is CC1CCc2c(sc3[nH]c(=O)n(CCCC#N)c(=O)c23)C1. The average molecular weight is 303 g/mol. The molecule has 1 unspecified atom stereocenters. The Morgan fingerprint density at radius 2 is 2.29 bits per heavy atom. The maximum absolute atomic E-state index is 12.6. The number of thiophene rings is 1. The number of aromatic amines is 1. The van der Waals surface area contributed by atoms with Crippen molar-refractivity contribution in [3.63, 3.8) is 0 Å². The number of aromatic nitrogens is 2. The molecule has 0 aliphatic heterocycles. The van der Waals surface area contributed by atoms with E-state index in [0.29, 0.717) is 35.5 Å². The van der Waals surface area contributed by atoms with E-state index in [-0.39, 0.29) is 11.2 Å². The van der Waals surface area contributed by atoms with Gasteiger partial charge in [-0.2, -0.15) is 5.26 Å². The Kier molecular flexibility index (Phi) is 3.68. The maximum atomic E-state index is 12.6. The molecule has 0 spiro atoms. The van der Waals surface area contributed by atoms with Crippen LogP contribution in [-0.4, -0.2) is 9.55 Å². The van der Waals surface area contributed by atoms with Gasteiger partial charge in [-0.1, -0.05) is 6.92 Å². The van der Waals surface area contributed by atoms with Crippen LogP contribution < -0.4 is 11.2 Å². The first-order chi connectivity index (χ1) is 10.1. The van der Waals surface area contributed by atoms with Gasteiger partial charge in [0.2, 0.25) is 0 Å². The summed E-state index contributed by atoms with van der Waals surface area (Å²) in [4.78, 5) is 29.5. The van der Waals surface area contributed by atoms with Crippen LogP contribution in [0, 0.1) is 17.2 Å². The summed E-state index contributed by atoms with van der Waals surface area (Å²) in [6, 6.07) is 2.04. The van der Waals surface area contributed by atoms with E-state index in [0.717, 1.165) is 24.8 Å². The van der Waals surface area contributed by atoms with Crippen molar-refractivity contribution in [3.8, 4) is 6.07 Å². The van der Waals surface area contributed by atoms with Gasteiger partial charge in [-0.15, -0.1) is 11.3 Å². The van der Waals surface area contributed by atoms with Crippen molar-refractivity contribution in [1.82, 2.24) is 9.55 Å². The van der Waals surface area contributed by atoms with Crippen molar-refractivity contribution in [2.24, 2.45) is 5.92 Å². The molecule has 2 heterocycles. The Hall–Kier alpha value is -1.87. The highest BCUT2D eigenvalue weighted by Gasteiger charge is 2.23. The molecule has 3 rings (SSSR count). The molecule has 0 aromatic carbocycles. The molecule has 1 aliphatic carbocycles. The Labute approximate surface area is 125 Å². The average Bonchev–Trinajstić information content (AvgIpc) is 2.79. The van der Waals surface area contributed by atoms with Gasteiger partial charge in [0.1, 0.15) is 4.83 Å². The molecular weight excluding hydrogens is 286 g/mol. The summed E-state index contributed by atoms with van der Waals surface area (Å²) in [5.41, 5.74) is 0.569. The number of nitrogens with one attached hydrogen (secondary N) is 1. The van der Waals surface area contributed by atoms with Crippen molar-refractivity contribution in [2.75, 3.05) is 0 Å². The molecule has 2 aromatic rings. The lowest BCUT2D eigenvalue weighted by molar-refractivity contribution is 0.509. The number of fused-ring (bicyclic) bond motifs is 3. The number of nitriles is 1. The minimum atomic E-state index is -0.364. The standard InChI is InChI=1S/C15H17N3O2S/c1-9-4-5-10-11(8-9)21-13-12(10)14(19)18(15(20)17-13)7-3-2-6-16/h9H,2-5,7-8H2,1H3,(H,17,20). The van der Waals surface area contributed by atoms with E-state index >= 15 is 0 Å². The summed E-state index contributed by atoms with van der Waals surface area (Å²) < 4.78 is 1.24. The number of nitrogens with zero attached hydrogens (tertiary/aromatic N) is 2. The zero-order valence-electron chi connectivity index (χ0n) is 11.9. The summed E-state index contributed by atoms with van der Waals surface area (Å²) in [5, 5.41) is 9.28. The summed E-state index contributed by atoms with van der Waals surface area (Å²) in [5.74, 6) is 0.634. The number of unbranched alkanes of at least 4 members (excludes halogenated alkanes) is 1. The number of hydrogen-bond acceptors (Lipinski definition) is 4. The van der Waals surface area contributed by atoms with Gasteiger partial charge in [0.05, 0.1) is 11.5 Å². The van der Waals surface area contributed by atoms with Gasteiger partial charge >= 0.3 is 5.69 Å². The lowest BCUT2D eigenvalue weighted by Gasteiger charge is -2.17. The van der Waals surface area contributed by atoms with E-state index in [2.05, 4.69) is 11.9 Å². The largest absolute Gasteiger partial charge is 0.329 e. The van der Waals surface area contributed by atoms with E-state index in [9.17, 15) is 9.59 Å². The molecule has 1 atom stereocenters. The molecule has 2 aromatic heterocycles. The fourth-order valence-electron chi connectivity index (χ4n) is 2.98. The van der Waals surface area contributed by atoms with E-state index in [1.165, 1.54) is 9.44 Å². The Morgan fingerprint density at radius 1 is 1.48 bits per heavy atom. The molecule has 0 fully saturated rings. The van der Waals surface area contributed by atoms with E-state index in [4.69, 9.17) is 5.26 Å². The van der Waals surface area contributed by atoms with Crippen LogP contribution in [-0.2, 0) is 19.4 Å². The fraction of sp³-hybridized carbons (Fsp3) is 0.533. The van der Waals surface area contributed by atoms with Crippen LogP contribution in [0.3, 0.4) is 0 Å². The predicted octanol–water partition coefficient (Wildman–Crippen LogP) is 2.18. The lowest BCUT2D eigenvalue weighted by Crippen LogP contribution is -2.35. The Bertz CT molecular complexity index is 837. The molecule has 1 N–H and O–H groups in total. The highest BCUT2D eigenvalue weighted by atomic mass is 32.1. The van der Waals surface area contributed by atoms with E-state index in [1.807, 2.05) is 6.07 Å². The zero-order chi connectivity index (χ0) is 15.0. The first kappa shape index (κ1) is 14.1. The second kappa shape index (κ2) is 5.49. The van der Waals surface area contributed by atoms with E-state index in [1.54, 1.807) is 11.3 Å². The summed E-state index contributed by atoms with van der Waals surface area (Å²) in [6.45, 7) is 2.52. The molecule has 0 amide bonds. The zero-order valence-corrected chi connectivity index (χ0v) is 12.8. The Morgan fingerprint density at radius 3 is 3.05 bits per heavy atom. The predicted molar refractivity (Wildman–Crippen MR) is 82.7 cm³/mol. The lowest BCUT2D eigenvalue weighted by atomic mass is 9.89. The molecule has 0 radical (unpaired) electrons. The van der Waals surface area contributed by atoms with Crippen LogP contribution >= 0.6 is 11.3 Å². The second-order valence-corrected chi connectivity index (χ2v) is 6.81. The molecule has 5 nitrogen and oxygen atoms in total. The van der Waals surface area contributed by atoms with Crippen molar-refractivity contribution in [2.45, 2.75) is 45.6 Å². The first-order valence-electron chi connectivity index (χ1n) is 7.26. The third kappa shape index (κ3) is 2.42.